The van der Waals surface area contributed by atoms with Gasteiger partial charge in [0, 0.05) is 18.4 Å². The Morgan fingerprint density at radius 3 is 2.25 bits per heavy atom. The van der Waals surface area contributed by atoms with E-state index in [0.717, 1.165) is 0 Å². The number of hydrogen-bond acceptors (Lipinski definition) is 2. The molecule has 0 aromatic heterocycles. The first-order valence-corrected chi connectivity index (χ1v) is 5.01. The highest BCUT2D eigenvalue weighted by Gasteiger charge is 2.45. The van der Waals surface area contributed by atoms with Crippen LogP contribution in [0, 0.1) is 5.92 Å². The average Bonchev–Trinajstić information content (AvgIpc) is 2.04. The molecule has 2 aliphatic rings. The smallest absolute Gasteiger partial charge is 0.136 e. The number of carbonyl (C=O) groups excluding carboxylic acids is 1. The molecule has 0 saturated heterocycles. The fourth-order valence-electron chi connectivity index (χ4n) is 2.65. The largest absolute Gasteiger partial charge is 0.324 e. The first-order chi connectivity index (χ1) is 5.71. The SMILES string of the molecule is NC1(C2CCCCC2)CC(=O)C1. The molecule has 2 nitrogen and oxygen atoms in total. The zero-order chi connectivity index (χ0) is 8.60. The summed E-state index contributed by atoms with van der Waals surface area (Å²) in [4.78, 5) is 10.9. The highest BCUT2D eigenvalue weighted by Crippen LogP contribution is 2.40. The van der Waals surface area contributed by atoms with Gasteiger partial charge in [-0.2, -0.15) is 0 Å². The van der Waals surface area contributed by atoms with E-state index in [-0.39, 0.29) is 5.54 Å². The molecule has 68 valence electrons. The van der Waals surface area contributed by atoms with Crippen molar-refractivity contribution in [3.63, 3.8) is 0 Å². The molecule has 0 spiro atoms. The molecule has 0 aliphatic heterocycles. The second-order valence-electron chi connectivity index (χ2n) is 4.46. The van der Waals surface area contributed by atoms with E-state index in [9.17, 15) is 4.79 Å². The van der Waals surface area contributed by atoms with Crippen LogP contribution in [0.15, 0.2) is 0 Å². The summed E-state index contributed by atoms with van der Waals surface area (Å²) in [5.74, 6) is 1.01. The number of hydrogen-bond donors (Lipinski definition) is 1. The molecule has 2 aliphatic carbocycles. The van der Waals surface area contributed by atoms with Crippen LogP contribution in [0.4, 0.5) is 0 Å². The van der Waals surface area contributed by atoms with E-state index in [0.29, 0.717) is 24.5 Å². The first kappa shape index (κ1) is 8.24. The molecule has 2 rings (SSSR count). The van der Waals surface area contributed by atoms with Gasteiger partial charge in [0.05, 0.1) is 0 Å². The van der Waals surface area contributed by atoms with Crippen molar-refractivity contribution < 1.29 is 4.79 Å². The van der Waals surface area contributed by atoms with Crippen LogP contribution in [0.2, 0.25) is 0 Å². The standard InChI is InChI=1S/C10H17NO/c11-10(6-9(12)7-10)8-4-2-1-3-5-8/h8H,1-7,11H2. The maximum absolute atomic E-state index is 10.9. The van der Waals surface area contributed by atoms with Crippen molar-refractivity contribution in [1.29, 1.82) is 0 Å². The minimum absolute atomic E-state index is 0.0858. The fraction of sp³-hybridized carbons (Fsp3) is 0.900. The van der Waals surface area contributed by atoms with Gasteiger partial charge in [0.2, 0.25) is 0 Å². The third-order valence-corrected chi connectivity index (χ3v) is 3.47. The molecule has 0 amide bonds. The highest BCUT2D eigenvalue weighted by atomic mass is 16.1. The van der Waals surface area contributed by atoms with Gasteiger partial charge in [0.25, 0.3) is 0 Å². The van der Waals surface area contributed by atoms with Crippen molar-refractivity contribution in [2.45, 2.75) is 50.5 Å². The van der Waals surface area contributed by atoms with E-state index in [2.05, 4.69) is 0 Å². The van der Waals surface area contributed by atoms with Crippen LogP contribution in [0.1, 0.15) is 44.9 Å². The Morgan fingerprint density at radius 1 is 1.17 bits per heavy atom. The van der Waals surface area contributed by atoms with Crippen molar-refractivity contribution in [3.8, 4) is 0 Å². The molecular weight excluding hydrogens is 150 g/mol. The average molecular weight is 167 g/mol. The zero-order valence-corrected chi connectivity index (χ0v) is 7.51. The van der Waals surface area contributed by atoms with Gasteiger partial charge in [-0.05, 0) is 18.8 Å². The summed E-state index contributed by atoms with van der Waals surface area (Å²) in [5.41, 5.74) is 6.06. The zero-order valence-electron chi connectivity index (χ0n) is 7.51. The van der Waals surface area contributed by atoms with E-state index in [1.165, 1.54) is 32.1 Å². The van der Waals surface area contributed by atoms with Crippen molar-refractivity contribution in [1.82, 2.24) is 0 Å². The van der Waals surface area contributed by atoms with E-state index in [1.807, 2.05) is 0 Å². The van der Waals surface area contributed by atoms with Crippen LogP contribution in [-0.4, -0.2) is 11.3 Å². The van der Waals surface area contributed by atoms with Gasteiger partial charge in [-0.15, -0.1) is 0 Å². The number of carbonyl (C=O) groups is 1. The Labute approximate surface area is 73.5 Å². The minimum Gasteiger partial charge on any atom is -0.324 e. The molecule has 2 heteroatoms. The van der Waals surface area contributed by atoms with Gasteiger partial charge >= 0.3 is 0 Å². The summed E-state index contributed by atoms with van der Waals surface area (Å²) in [6, 6.07) is 0. The molecule has 12 heavy (non-hydrogen) atoms. The molecule has 0 bridgehead atoms. The summed E-state index contributed by atoms with van der Waals surface area (Å²) in [6.07, 6.45) is 7.80. The second-order valence-corrected chi connectivity index (χ2v) is 4.46. The lowest BCUT2D eigenvalue weighted by Crippen LogP contribution is -2.58. The van der Waals surface area contributed by atoms with Gasteiger partial charge < -0.3 is 5.73 Å². The monoisotopic (exact) mass is 167 g/mol. The lowest BCUT2D eigenvalue weighted by molar-refractivity contribution is -0.130. The fourth-order valence-corrected chi connectivity index (χ4v) is 2.65. The van der Waals surface area contributed by atoms with E-state index in [4.69, 9.17) is 5.73 Å². The molecule has 0 aromatic carbocycles. The topological polar surface area (TPSA) is 43.1 Å². The highest BCUT2D eigenvalue weighted by molar-refractivity contribution is 5.87. The van der Waals surface area contributed by atoms with Crippen LogP contribution >= 0.6 is 0 Å². The van der Waals surface area contributed by atoms with Crippen LogP contribution in [0.3, 0.4) is 0 Å². The van der Waals surface area contributed by atoms with E-state index in [1.54, 1.807) is 0 Å². The number of ketones is 1. The van der Waals surface area contributed by atoms with Gasteiger partial charge in [0.1, 0.15) is 5.78 Å². The van der Waals surface area contributed by atoms with Crippen LogP contribution in [0.5, 0.6) is 0 Å². The lowest BCUT2D eigenvalue weighted by atomic mass is 9.64. The number of rotatable bonds is 1. The van der Waals surface area contributed by atoms with E-state index < -0.39 is 0 Å². The molecule has 2 saturated carbocycles. The normalized spacial score (nSPS) is 29.9. The molecule has 0 radical (unpaired) electrons. The summed E-state index contributed by atoms with van der Waals surface area (Å²) in [7, 11) is 0. The van der Waals surface area contributed by atoms with Gasteiger partial charge in [-0.1, -0.05) is 19.3 Å². The summed E-state index contributed by atoms with van der Waals surface area (Å²) >= 11 is 0. The maximum Gasteiger partial charge on any atom is 0.136 e. The number of nitrogens with two attached hydrogens (primary N) is 1. The molecular formula is C10H17NO. The van der Waals surface area contributed by atoms with Crippen LogP contribution in [0.25, 0.3) is 0 Å². The van der Waals surface area contributed by atoms with Gasteiger partial charge in [-0.3, -0.25) is 4.79 Å². The number of Topliss-reactive ketones (excluding diaryl/α,β-unsaturated/α-hetero) is 1. The third-order valence-electron chi connectivity index (χ3n) is 3.47. The van der Waals surface area contributed by atoms with Gasteiger partial charge in [-0.25, -0.2) is 0 Å². The van der Waals surface area contributed by atoms with Crippen LogP contribution in [-0.2, 0) is 4.79 Å². The summed E-state index contributed by atoms with van der Waals surface area (Å²) in [5, 5.41) is 0. The first-order valence-electron chi connectivity index (χ1n) is 5.01. The third kappa shape index (κ3) is 1.28. The summed E-state index contributed by atoms with van der Waals surface area (Å²) < 4.78 is 0. The molecule has 0 unspecified atom stereocenters. The van der Waals surface area contributed by atoms with Crippen molar-refractivity contribution in [2.75, 3.05) is 0 Å². The Morgan fingerprint density at radius 2 is 1.75 bits per heavy atom. The van der Waals surface area contributed by atoms with Gasteiger partial charge in [0.15, 0.2) is 0 Å². The Bertz CT molecular complexity index is 186. The predicted octanol–water partition coefficient (Wildman–Crippen LogP) is 1.63. The maximum atomic E-state index is 10.9. The van der Waals surface area contributed by atoms with Crippen molar-refractivity contribution in [2.24, 2.45) is 11.7 Å². The Balaban J connectivity index is 1.94. The van der Waals surface area contributed by atoms with Crippen LogP contribution < -0.4 is 5.73 Å². The van der Waals surface area contributed by atoms with Crippen molar-refractivity contribution in [3.05, 3.63) is 0 Å². The minimum atomic E-state index is -0.0858. The molecule has 0 aromatic rings. The lowest BCUT2D eigenvalue weighted by Gasteiger charge is -2.45. The quantitative estimate of drug-likeness (QED) is 0.645. The molecule has 0 atom stereocenters. The molecule has 0 heterocycles. The summed E-state index contributed by atoms with van der Waals surface area (Å²) in [6.45, 7) is 0. The Kier molecular flexibility index (Phi) is 1.95. The molecule has 2 fully saturated rings. The van der Waals surface area contributed by atoms with Crippen molar-refractivity contribution >= 4 is 5.78 Å². The van der Waals surface area contributed by atoms with E-state index >= 15 is 0 Å². The Hall–Kier alpha value is -0.370. The molecule has 2 N–H and O–H groups in total. The second kappa shape index (κ2) is 2.84. The predicted molar refractivity (Wildman–Crippen MR) is 47.7 cm³/mol.